The van der Waals surface area contributed by atoms with E-state index in [1.165, 1.54) is 4.90 Å². The Labute approximate surface area is 235 Å². The summed E-state index contributed by atoms with van der Waals surface area (Å²) in [6.07, 6.45) is 9.21. The van der Waals surface area contributed by atoms with Crippen LogP contribution in [0.2, 0.25) is 0 Å². The summed E-state index contributed by atoms with van der Waals surface area (Å²) in [6, 6.07) is -2.05. The van der Waals surface area contributed by atoms with Crippen LogP contribution in [0.5, 0.6) is 0 Å². The van der Waals surface area contributed by atoms with Crippen LogP contribution in [0.3, 0.4) is 0 Å². The molecule has 13 heteroatoms. The number of carboxylic acids is 1. The van der Waals surface area contributed by atoms with Crippen molar-refractivity contribution >= 4 is 23.9 Å². The largest absolute Gasteiger partial charge is 0.479 e. The van der Waals surface area contributed by atoms with Gasteiger partial charge in [-0.1, -0.05) is 38.3 Å². The van der Waals surface area contributed by atoms with Crippen molar-refractivity contribution in [3.8, 4) is 0 Å². The average Bonchev–Trinajstić information content (AvgIpc) is 3.18. The highest BCUT2D eigenvalue weighted by atomic mass is 16.6. The molecule has 224 valence electrons. The van der Waals surface area contributed by atoms with Gasteiger partial charge in [0, 0.05) is 12.5 Å². The maximum absolute atomic E-state index is 14.0. The second-order valence-corrected chi connectivity index (χ2v) is 12.3. The van der Waals surface area contributed by atoms with Crippen LogP contribution >= 0.6 is 0 Å². The van der Waals surface area contributed by atoms with Gasteiger partial charge in [0.05, 0.1) is 12.2 Å². The smallest absolute Gasteiger partial charge is 0.408 e. The Morgan fingerprint density at radius 2 is 2.00 bits per heavy atom. The molecule has 4 aliphatic rings. The molecule has 40 heavy (non-hydrogen) atoms. The number of hydrogen-bond acceptors (Lipinski definition) is 9. The van der Waals surface area contributed by atoms with Crippen LogP contribution in [0.15, 0.2) is 12.2 Å². The van der Waals surface area contributed by atoms with Crippen molar-refractivity contribution in [1.82, 2.24) is 37.0 Å². The Bertz CT molecular complexity index is 1000. The predicted octanol–water partition coefficient (Wildman–Crippen LogP) is 1.28. The van der Waals surface area contributed by atoms with E-state index in [0.29, 0.717) is 19.3 Å². The number of carbonyl (C=O) groups excluding carboxylic acids is 3. The molecule has 1 unspecified atom stereocenters. The van der Waals surface area contributed by atoms with E-state index in [9.17, 15) is 24.3 Å². The molecular weight excluding hydrogens is 518 g/mol. The molecule has 3 amide bonds. The van der Waals surface area contributed by atoms with E-state index < -0.39 is 41.2 Å². The fraction of sp³-hybridized carbons (Fsp3) is 0.778. The van der Waals surface area contributed by atoms with Crippen LogP contribution in [-0.2, 0) is 19.1 Å². The molecule has 0 aromatic heterocycles. The van der Waals surface area contributed by atoms with Gasteiger partial charge in [-0.25, -0.2) is 20.4 Å². The fourth-order valence-corrected chi connectivity index (χ4v) is 5.72. The SMILES string of the molecule is CCCC1NNN([C@H]2C[C@H]3C(=O)N[C@@]4(C(=O)O)C[C@H]4/C=C\CCCCC[C@@H](NC(=O)OC(C)(C)C)C(=O)N3C2)N1. The molecule has 13 nitrogen and oxygen atoms in total. The Morgan fingerprint density at radius 3 is 2.70 bits per heavy atom. The Kier molecular flexibility index (Phi) is 9.38. The Balaban J connectivity index is 1.59. The van der Waals surface area contributed by atoms with Crippen molar-refractivity contribution in [3.05, 3.63) is 12.2 Å². The average molecular weight is 564 g/mol. The van der Waals surface area contributed by atoms with E-state index in [4.69, 9.17) is 4.74 Å². The van der Waals surface area contributed by atoms with E-state index in [1.54, 1.807) is 25.9 Å². The molecule has 0 aromatic carbocycles. The van der Waals surface area contributed by atoms with Crippen molar-refractivity contribution in [1.29, 1.82) is 0 Å². The molecule has 2 saturated heterocycles. The second kappa shape index (κ2) is 12.4. The van der Waals surface area contributed by atoms with Gasteiger partial charge in [-0.05, 0) is 59.3 Å². The summed E-state index contributed by atoms with van der Waals surface area (Å²) < 4.78 is 5.43. The van der Waals surface area contributed by atoms with Gasteiger partial charge in [0.15, 0.2) is 0 Å². The van der Waals surface area contributed by atoms with Crippen molar-refractivity contribution in [2.75, 3.05) is 6.54 Å². The number of alkyl carbamates (subject to hydrolysis) is 1. The van der Waals surface area contributed by atoms with Gasteiger partial charge >= 0.3 is 12.1 Å². The lowest BCUT2D eigenvalue weighted by atomic mass is 10.0. The quantitative estimate of drug-likeness (QED) is 0.269. The van der Waals surface area contributed by atoms with Crippen molar-refractivity contribution in [2.24, 2.45) is 5.92 Å². The maximum Gasteiger partial charge on any atom is 0.408 e. The number of nitrogens with one attached hydrogen (secondary N) is 5. The van der Waals surface area contributed by atoms with Crippen molar-refractivity contribution in [2.45, 2.75) is 121 Å². The summed E-state index contributed by atoms with van der Waals surface area (Å²) in [7, 11) is 0. The topological polar surface area (TPSA) is 164 Å². The lowest BCUT2D eigenvalue weighted by molar-refractivity contribution is -0.145. The van der Waals surface area contributed by atoms with E-state index in [1.807, 2.05) is 12.2 Å². The number of allylic oxidation sites excluding steroid dienone is 1. The highest BCUT2D eigenvalue weighted by molar-refractivity contribution is 5.96. The first-order valence-electron chi connectivity index (χ1n) is 14.5. The van der Waals surface area contributed by atoms with Gasteiger partial charge in [-0.2, -0.15) is 10.7 Å². The zero-order valence-corrected chi connectivity index (χ0v) is 24.0. The minimum atomic E-state index is -1.37. The number of fused-ring (bicyclic) bond motifs is 2. The number of nitrogens with zero attached hydrogens (tertiary/aromatic N) is 2. The van der Waals surface area contributed by atoms with Gasteiger partial charge < -0.3 is 25.4 Å². The summed E-state index contributed by atoms with van der Waals surface area (Å²) in [5.74, 6) is -2.25. The van der Waals surface area contributed by atoms with Crippen molar-refractivity contribution in [3.63, 3.8) is 0 Å². The highest BCUT2D eigenvalue weighted by Gasteiger charge is 2.61. The number of rotatable bonds is 5. The first-order valence-corrected chi connectivity index (χ1v) is 14.5. The molecule has 0 aromatic rings. The number of aliphatic carboxylic acids is 1. The molecule has 3 fully saturated rings. The standard InChI is InChI=1S/C27H45N7O6/c1-5-11-21-30-32-34(31-21)18-14-20-22(35)29-27(24(37)38)15-17(27)12-9-7-6-8-10-13-19(23(36)33(20)16-18)28-25(39)40-26(2,3)4/h9,12,17-21,30-32H,5-8,10-11,13-16H2,1-4H3,(H,28,39)(H,29,35)(H,37,38)/b12-9-/t17-,18+,19-,20+,21?,27+/m1/s1. The zero-order chi connectivity index (χ0) is 29.1. The van der Waals surface area contributed by atoms with Crippen LogP contribution in [0, 0.1) is 5.92 Å². The molecule has 0 radical (unpaired) electrons. The van der Waals surface area contributed by atoms with E-state index >= 15 is 0 Å². The highest BCUT2D eigenvalue weighted by Crippen LogP contribution is 2.45. The molecule has 3 aliphatic heterocycles. The lowest BCUT2D eigenvalue weighted by Crippen LogP contribution is -2.56. The molecule has 6 N–H and O–H groups in total. The Morgan fingerprint density at radius 1 is 1.23 bits per heavy atom. The summed E-state index contributed by atoms with van der Waals surface area (Å²) in [4.78, 5) is 54.1. The van der Waals surface area contributed by atoms with Crippen LogP contribution in [0.1, 0.15) is 85.5 Å². The van der Waals surface area contributed by atoms with E-state index in [0.717, 1.165) is 32.1 Å². The van der Waals surface area contributed by atoms with E-state index in [-0.39, 0.29) is 37.0 Å². The monoisotopic (exact) mass is 563 g/mol. The number of hydrogen-bond donors (Lipinski definition) is 6. The minimum Gasteiger partial charge on any atom is -0.479 e. The van der Waals surface area contributed by atoms with Crippen LogP contribution in [0.4, 0.5) is 4.79 Å². The third-order valence-electron chi connectivity index (χ3n) is 7.93. The van der Waals surface area contributed by atoms with Gasteiger partial charge in [0.25, 0.3) is 0 Å². The minimum absolute atomic E-state index is 0.00319. The van der Waals surface area contributed by atoms with Gasteiger partial charge in [0.2, 0.25) is 11.8 Å². The number of ether oxygens (including phenoxy) is 1. The van der Waals surface area contributed by atoms with Gasteiger partial charge in [0.1, 0.15) is 23.2 Å². The third-order valence-corrected chi connectivity index (χ3v) is 7.93. The number of amides is 3. The molecule has 3 heterocycles. The fourth-order valence-electron chi connectivity index (χ4n) is 5.72. The molecule has 6 atom stereocenters. The summed E-state index contributed by atoms with van der Waals surface area (Å²) >= 11 is 0. The van der Waals surface area contributed by atoms with E-state index in [2.05, 4.69) is 33.9 Å². The molecule has 0 bridgehead atoms. The van der Waals surface area contributed by atoms with Crippen molar-refractivity contribution < 1.29 is 29.0 Å². The molecular formula is C27H45N7O6. The zero-order valence-electron chi connectivity index (χ0n) is 24.0. The number of carboxylic acid groups (broad SMARTS) is 1. The Hall–Kier alpha value is -2.74. The molecule has 0 spiro atoms. The first-order chi connectivity index (χ1) is 18.9. The summed E-state index contributed by atoms with van der Waals surface area (Å²) in [5.41, 5.74) is 7.49. The normalized spacial score (nSPS) is 34.6. The van der Waals surface area contributed by atoms with Crippen LogP contribution in [0.25, 0.3) is 0 Å². The first kappa shape index (κ1) is 30.2. The predicted molar refractivity (Wildman–Crippen MR) is 146 cm³/mol. The van der Waals surface area contributed by atoms with Gasteiger partial charge in [-0.3, -0.25) is 9.59 Å². The van der Waals surface area contributed by atoms with Crippen LogP contribution < -0.4 is 27.0 Å². The maximum atomic E-state index is 14.0. The molecule has 1 saturated carbocycles. The number of hydrazine groups is 3. The summed E-state index contributed by atoms with van der Waals surface area (Å²) in [5, 5.41) is 17.3. The lowest BCUT2D eigenvalue weighted by Gasteiger charge is -2.30. The second-order valence-electron chi connectivity index (χ2n) is 12.3. The van der Waals surface area contributed by atoms with Crippen LogP contribution in [-0.4, -0.2) is 81.0 Å². The molecule has 4 rings (SSSR count). The number of carbonyl (C=O) groups is 4. The van der Waals surface area contributed by atoms with Gasteiger partial charge in [-0.15, -0.1) is 0 Å². The third kappa shape index (κ3) is 7.12. The summed E-state index contributed by atoms with van der Waals surface area (Å²) in [6.45, 7) is 7.56. The molecule has 1 aliphatic carbocycles.